The van der Waals surface area contributed by atoms with Crippen molar-refractivity contribution in [3.8, 4) is 0 Å². The van der Waals surface area contributed by atoms with Crippen molar-refractivity contribution in [2.75, 3.05) is 19.6 Å². The second-order valence-corrected chi connectivity index (χ2v) is 5.43. The number of carbonyl (C=O) groups excluding carboxylic acids is 2. The molecule has 1 fully saturated rings. The molecule has 0 saturated carbocycles. The summed E-state index contributed by atoms with van der Waals surface area (Å²) >= 11 is 0. The number of hydrogen-bond donors (Lipinski definition) is 1. The molecule has 0 spiro atoms. The van der Waals surface area contributed by atoms with Gasteiger partial charge < -0.3 is 10.2 Å². The molecule has 1 aromatic rings. The predicted molar refractivity (Wildman–Crippen MR) is 78.7 cm³/mol. The van der Waals surface area contributed by atoms with Gasteiger partial charge in [0.05, 0.1) is 11.9 Å². The largest absolute Gasteiger partial charge is 0.351 e. The number of amides is 2. The SMILES string of the molecule is CCNC(=O)c1cnc(CC2CCCN(C(C)=O)C2)cn1. The summed E-state index contributed by atoms with van der Waals surface area (Å²) in [7, 11) is 0. The Morgan fingerprint density at radius 3 is 2.81 bits per heavy atom. The molecule has 21 heavy (non-hydrogen) atoms. The zero-order valence-corrected chi connectivity index (χ0v) is 12.6. The molecule has 1 saturated heterocycles. The van der Waals surface area contributed by atoms with Crippen molar-refractivity contribution in [1.29, 1.82) is 0 Å². The highest BCUT2D eigenvalue weighted by Gasteiger charge is 2.22. The summed E-state index contributed by atoms with van der Waals surface area (Å²) in [5.41, 5.74) is 1.22. The molecule has 1 atom stereocenters. The Morgan fingerprint density at radius 2 is 2.19 bits per heavy atom. The quantitative estimate of drug-likeness (QED) is 0.898. The lowest BCUT2D eigenvalue weighted by molar-refractivity contribution is -0.130. The average molecular weight is 290 g/mol. The lowest BCUT2D eigenvalue weighted by atomic mass is 9.93. The summed E-state index contributed by atoms with van der Waals surface area (Å²) < 4.78 is 0. The van der Waals surface area contributed by atoms with Gasteiger partial charge in [-0.25, -0.2) is 4.98 Å². The Labute approximate surface area is 125 Å². The van der Waals surface area contributed by atoms with Crippen LogP contribution < -0.4 is 5.32 Å². The molecule has 6 heteroatoms. The topological polar surface area (TPSA) is 75.2 Å². The molecule has 2 heterocycles. The molecule has 2 rings (SSSR count). The van der Waals surface area contributed by atoms with E-state index in [4.69, 9.17) is 0 Å². The average Bonchev–Trinajstić information content (AvgIpc) is 2.48. The van der Waals surface area contributed by atoms with Gasteiger partial charge in [-0.05, 0) is 32.1 Å². The van der Waals surface area contributed by atoms with E-state index in [9.17, 15) is 9.59 Å². The number of rotatable bonds is 4. The number of nitrogens with one attached hydrogen (secondary N) is 1. The summed E-state index contributed by atoms with van der Waals surface area (Å²) in [6.07, 6.45) is 6.12. The number of piperidine rings is 1. The van der Waals surface area contributed by atoms with Crippen LogP contribution in [0.4, 0.5) is 0 Å². The van der Waals surface area contributed by atoms with Crippen LogP contribution in [0.1, 0.15) is 42.9 Å². The van der Waals surface area contributed by atoms with Crippen LogP contribution in [0.25, 0.3) is 0 Å². The van der Waals surface area contributed by atoms with Crippen LogP contribution in [0.2, 0.25) is 0 Å². The first kappa shape index (κ1) is 15.4. The fourth-order valence-corrected chi connectivity index (χ4v) is 2.64. The Hall–Kier alpha value is -1.98. The molecule has 0 bridgehead atoms. The summed E-state index contributed by atoms with van der Waals surface area (Å²) in [6.45, 7) is 5.70. The van der Waals surface area contributed by atoms with Crippen LogP contribution in [0.15, 0.2) is 12.4 Å². The van der Waals surface area contributed by atoms with E-state index in [0.717, 1.165) is 38.0 Å². The predicted octanol–water partition coefficient (Wildman–Crippen LogP) is 1.03. The van der Waals surface area contributed by atoms with Crippen molar-refractivity contribution in [2.24, 2.45) is 5.92 Å². The fourth-order valence-electron chi connectivity index (χ4n) is 2.64. The monoisotopic (exact) mass is 290 g/mol. The highest BCUT2D eigenvalue weighted by molar-refractivity contribution is 5.91. The van der Waals surface area contributed by atoms with Gasteiger partial charge in [0.1, 0.15) is 5.69 Å². The molecule has 0 aromatic carbocycles. The molecule has 1 aliphatic rings. The fraction of sp³-hybridized carbons (Fsp3) is 0.600. The Kier molecular flexibility index (Phi) is 5.25. The number of hydrogen-bond acceptors (Lipinski definition) is 4. The van der Waals surface area contributed by atoms with Crippen molar-refractivity contribution in [3.63, 3.8) is 0 Å². The van der Waals surface area contributed by atoms with Crippen LogP contribution in [0.3, 0.4) is 0 Å². The minimum atomic E-state index is -0.197. The lowest BCUT2D eigenvalue weighted by Crippen LogP contribution is -2.39. The van der Waals surface area contributed by atoms with E-state index < -0.39 is 0 Å². The number of likely N-dealkylation sites (tertiary alicyclic amines) is 1. The standard InChI is InChI=1S/C15H22N4O2/c1-3-16-15(21)14-9-17-13(8-18-14)7-12-5-4-6-19(10-12)11(2)20/h8-9,12H,3-7,10H2,1-2H3,(H,16,21). The van der Waals surface area contributed by atoms with Gasteiger partial charge in [0, 0.05) is 32.8 Å². The van der Waals surface area contributed by atoms with E-state index >= 15 is 0 Å². The van der Waals surface area contributed by atoms with E-state index in [-0.39, 0.29) is 11.8 Å². The van der Waals surface area contributed by atoms with Gasteiger partial charge >= 0.3 is 0 Å². The highest BCUT2D eigenvalue weighted by atomic mass is 16.2. The third-order valence-corrected chi connectivity index (χ3v) is 3.74. The van der Waals surface area contributed by atoms with E-state index in [1.165, 1.54) is 6.20 Å². The normalized spacial score (nSPS) is 18.4. The molecule has 1 aliphatic heterocycles. The molecule has 1 N–H and O–H groups in total. The lowest BCUT2D eigenvalue weighted by Gasteiger charge is -2.31. The smallest absolute Gasteiger partial charge is 0.271 e. The van der Waals surface area contributed by atoms with Crippen molar-refractivity contribution in [1.82, 2.24) is 20.2 Å². The minimum Gasteiger partial charge on any atom is -0.351 e. The Bertz CT molecular complexity index is 501. The highest BCUT2D eigenvalue weighted by Crippen LogP contribution is 2.19. The van der Waals surface area contributed by atoms with Gasteiger partial charge in [-0.15, -0.1) is 0 Å². The van der Waals surface area contributed by atoms with Crippen molar-refractivity contribution >= 4 is 11.8 Å². The zero-order valence-electron chi connectivity index (χ0n) is 12.6. The second-order valence-electron chi connectivity index (χ2n) is 5.43. The van der Waals surface area contributed by atoms with Gasteiger partial charge in [0.2, 0.25) is 5.91 Å². The van der Waals surface area contributed by atoms with Crippen molar-refractivity contribution < 1.29 is 9.59 Å². The summed E-state index contributed by atoms with van der Waals surface area (Å²) in [5.74, 6) is 0.363. The molecule has 1 unspecified atom stereocenters. The third kappa shape index (κ3) is 4.24. The Balaban J connectivity index is 1.94. The molecule has 0 aliphatic carbocycles. The maximum atomic E-state index is 11.6. The van der Waals surface area contributed by atoms with Gasteiger partial charge in [0.25, 0.3) is 5.91 Å². The van der Waals surface area contributed by atoms with Crippen LogP contribution in [0.5, 0.6) is 0 Å². The van der Waals surface area contributed by atoms with Crippen molar-refractivity contribution in [2.45, 2.75) is 33.1 Å². The first-order valence-corrected chi connectivity index (χ1v) is 7.44. The summed E-state index contributed by atoms with van der Waals surface area (Å²) in [4.78, 5) is 33.4. The first-order chi connectivity index (χ1) is 10.1. The first-order valence-electron chi connectivity index (χ1n) is 7.44. The van der Waals surface area contributed by atoms with Crippen LogP contribution in [0, 0.1) is 5.92 Å². The minimum absolute atomic E-state index is 0.136. The molecular formula is C15H22N4O2. The third-order valence-electron chi connectivity index (χ3n) is 3.74. The molecule has 6 nitrogen and oxygen atoms in total. The zero-order chi connectivity index (χ0) is 15.2. The molecule has 0 radical (unpaired) electrons. The van der Waals surface area contributed by atoms with Crippen LogP contribution in [-0.4, -0.2) is 46.3 Å². The number of nitrogens with zero attached hydrogens (tertiary/aromatic N) is 3. The van der Waals surface area contributed by atoms with Crippen LogP contribution in [-0.2, 0) is 11.2 Å². The van der Waals surface area contributed by atoms with Gasteiger partial charge in [-0.2, -0.15) is 0 Å². The van der Waals surface area contributed by atoms with Crippen molar-refractivity contribution in [3.05, 3.63) is 23.8 Å². The van der Waals surface area contributed by atoms with E-state index in [0.29, 0.717) is 18.2 Å². The molecular weight excluding hydrogens is 268 g/mol. The number of aromatic nitrogens is 2. The summed E-state index contributed by atoms with van der Waals surface area (Å²) in [5, 5.41) is 2.70. The second kappa shape index (κ2) is 7.15. The number of carbonyl (C=O) groups is 2. The molecule has 114 valence electrons. The van der Waals surface area contributed by atoms with E-state index in [1.54, 1.807) is 13.1 Å². The maximum Gasteiger partial charge on any atom is 0.271 e. The van der Waals surface area contributed by atoms with Gasteiger partial charge in [-0.3, -0.25) is 14.6 Å². The van der Waals surface area contributed by atoms with E-state index in [1.807, 2.05) is 11.8 Å². The van der Waals surface area contributed by atoms with Crippen LogP contribution >= 0.6 is 0 Å². The maximum absolute atomic E-state index is 11.6. The van der Waals surface area contributed by atoms with E-state index in [2.05, 4.69) is 15.3 Å². The summed E-state index contributed by atoms with van der Waals surface area (Å²) in [6, 6.07) is 0. The molecule has 1 aromatic heterocycles. The van der Waals surface area contributed by atoms with Gasteiger partial charge in [0.15, 0.2) is 0 Å². The van der Waals surface area contributed by atoms with Gasteiger partial charge in [-0.1, -0.05) is 0 Å². The Morgan fingerprint density at radius 1 is 1.38 bits per heavy atom. The molecule has 2 amide bonds.